The van der Waals surface area contributed by atoms with E-state index < -0.39 is 17.3 Å². The Morgan fingerprint density at radius 2 is 1.95 bits per heavy atom. The smallest absolute Gasteiger partial charge is 0.287 e. The summed E-state index contributed by atoms with van der Waals surface area (Å²) in [5.41, 5.74) is -0.493. The highest BCUT2D eigenvalue weighted by atomic mass is 19.1. The van der Waals surface area contributed by atoms with Crippen LogP contribution in [0.2, 0.25) is 0 Å². The molecule has 4 nitrogen and oxygen atoms in total. The van der Waals surface area contributed by atoms with Crippen LogP contribution < -0.4 is 5.32 Å². The van der Waals surface area contributed by atoms with Gasteiger partial charge in [0.1, 0.15) is 11.6 Å². The van der Waals surface area contributed by atoms with Gasteiger partial charge in [0.05, 0.1) is 11.2 Å². The van der Waals surface area contributed by atoms with Gasteiger partial charge in [-0.1, -0.05) is 25.0 Å². The first-order valence-electron chi connectivity index (χ1n) is 7.43. The van der Waals surface area contributed by atoms with Crippen LogP contribution >= 0.6 is 0 Å². The minimum atomic E-state index is -0.809. The van der Waals surface area contributed by atoms with Gasteiger partial charge in [-0.2, -0.15) is 0 Å². The first kappa shape index (κ1) is 14.8. The van der Waals surface area contributed by atoms with E-state index in [-0.39, 0.29) is 12.3 Å². The summed E-state index contributed by atoms with van der Waals surface area (Å²) in [6, 6.07) is 9.31. The molecule has 0 spiro atoms. The molecule has 0 radical (unpaired) electrons. The number of furan rings is 1. The normalized spacial score (nSPS) is 16.6. The Morgan fingerprint density at radius 3 is 2.68 bits per heavy atom. The number of halogens is 1. The molecule has 1 saturated carbocycles. The number of rotatable bonds is 4. The molecule has 2 aromatic rings. The van der Waals surface area contributed by atoms with Crippen molar-refractivity contribution in [1.29, 1.82) is 0 Å². The molecule has 0 aliphatic heterocycles. The molecule has 1 heterocycles. The van der Waals surface area contributed by atoms with Gasteiger partial charge < -0.3 is 14.8 Å². The summed E-state index contributed by atoms with van der Waals surface area (Å²) in [6.07, 6.45) is 3.35. The molecule has 1 fully saturated rings. The first-order valence-corrected chi connectivity index (χ1v) is 7.43. The van der Waals surface area contributed by atoms with E-state index >= 15 is 0 Å². The second-order valence-electron chi connectivity index (χ2n) is 5.76. The van der Waals surface area contributed by atoms with Gasteiger partial charge in [0.15, 0.2) is 5.76 Å². The van der Waals surface area contributed by atoms with Crippen molar-refractivity contribution in [2.24, 2.45) is 0 Å². The minimum Gasteiger partial charge on any atom is -0.451 e. The predicted octanol–water partition coefficient (Wildman–Crippen LogP) is 3.12. The van der Waals surface area contributed by atoms with Gasteiger partial charge in [-0.05, 0) is 37.1 Å². The molecule has 116 valence electrons. The van der Waals surface area contributed by atoms with Crippen LogP contribution in [0.1, 0.15) is 36.2 Å². The van der Waals surface area contributed by atoms with Crippen LogP contribution in [0.4, 0.5) is 4.39 Å². The fraction of sp³-hybridized carbons (Fsp3) is 0.353. The van der Waals surface area contributed by atoms with Crippen LogP contribution in [0, 0.1) is 5.82 Å². The van der Waals surface area contributed by atoms with Crippen LogP contribution in [-0.2, 0) is 0 Å². The summed E-state index contributed by atoms with van der Waals surface area (Å²) < 4.78 is 19.1. The van der Waals surface area contributed by atoms with Crippen molar-refractivity contribution >= 4 is 5.91 Å². The molecule has 1 aliphatic rings. The van der Waals surface area contributed by atoms with E-state index in [4.69, 9.17) is 4.42 Å². The summed E-state index contributed by atoms with van der Waals surface area (Å²) in [5, 5.41) is 12.9. The van der Waals surface area contributed by atoms with Gasteiger partial charge >= 0.3 is 0 Å². The summed E-state index contributed by atoms with van der Waals surface area (Å²) in [5.74, 6) is -0.380. The molecule has 5 heteroatoms. The van der Waals surface area contributed by atoms with Crippen LogP contribution in [0.25, 0.3) is 11.3 Å². The second kappa shape index (κ2) is 5.93. The second-order valence-corrected chi connectivity index (χ2v) is 5.76. The summed E-state index contributed by atoms with van der Waals surface area (Å²) in [7, 11) is 0. The zero-order valence-electron chi connectivity index (χ0n) is 12.1. The highest BCUT2D eigenvalue weighted by molar-refractivity contribution is 5.92. The van der Waals surface area contributed by atoms with E-state index in [1.54, 1.807) is 24.3 Å². The Kier molecular flexibility index (Phi) is 3.98. The Balaban J connectivity index is 1.68. The number of benzene rings is 1. The van der Waals surface area contributed by atoms with E-state index in [2.05, 4.69) is 5.32 Å². The SMILES string of the molecule is O=C(NCC1(O)CCCC1)c1ccc(-c2ccccc2F)o1. The van der Waals surface area contributed by atoms with E-state index in [1.807, 2.05) is 0 Å². The lowest BCUT2D eigenvalue weighted by molar-refractivity contribution is 0.0444. The zero-order valence-corrected chi connectivity index (χ0v) is 12.1. The maximum atomic E-state index is 13.7. The van der Waals surface area contributed by atoms with E-state index in [0.29, 0.717) is 24.2 Å². The third kappa shape index (κ3) is 3.04. The number of hydrogen-bond donors (Lipinski definition) is 2. The molecule has 22 heavy (non-hydrogen) atoms. The van der Waals surface area contributed by atoms with Crippen LogP contribution in [0.15, 0.2) is 40.8 Å². The van der Waals surface area contributed by atoms with Gasteiger partial charge in [-0.25, -0.2) is 4.39 Å². The van der Waals surface area contributed by atoms with Crippen LogP contribution in [-0.4, -0.2) is 23.2 Å². The lowest BCUT2D eigenvalue weighted by atomic mass is 10.0. The van der Waals surface area contributed by atoms with Gasteiger partial charge in [-0.3, -0.25) is 4.79 Å². The maximum absolute atomic E-state index is 13.7. The minimum absolute atomic E-state index is 0.111. The molecule has 0 unspecified atom stereocenters. The molecule has 0 saturated heterocycles. The van der Waals surface area contributed by atoms with Crippen LogP contribution in [0.3, 0.4) is 0 Å². The van der Waals surface area contributed by atoms with E-state index in [1.165, 1.54) is 12.1 Å². The summed E-state index contributed by atoms with van der Waals surface area (Å²) >= 11 is 0. The summed E-state index contributed by atoms with van der Waals surface area (Å²) in [4.78, 5) is 12.1. The highest BCUT2D eigenvalue weighted by Crippen LogP contribution is 2.29. The first-order chi connectivity index (χ1) is 10.6. The van der Waals surface area contributed by atoms with Crippen molar-refractivity contribution in [3.05, 3.63) is 48.0 Å². The molecular formula is C17H18FNO3. The molecule has 1 amide bonds. The van der Waals surface area contributed by atoms with E-state index in [9.17, 15) is 14.3 Å². The largest absolute Gasteiger partial charge is 0.451 e. The molecule has 0 atom stereocenters. The lowest BCUT2D eigenvalue weighted by Crippen LogP contribution is -2.40. The topological polar surface area (TPSA) is 62.5 Å². The Bertz CT molecular complexity index is 674. The fourth-order valence-electron chi connectivity index (χ4n) is 2.81. The fourth-order valence-corrected chi connectivity index (χ4v) is 2.81. The quantitative estimate of drug-likeness (QED) is 0.912. The summed E-state index contributed by atoms with van der Waals surface area (Å²) in [6.45, 7) is 0.210. The predicted molar refractivity (Wildman–Crippen MR) is 79.9 cm³/mol. The number of nitrogens with one attached hydrogen (secondary N) is 1. The van der Waals surface area contributed by atoms with Crippen LogP contribution in [0.5, 0.6) is 0 Å². The average Bonchev–Trinajstić information content (AvgIpc) is 3.15. The molecule has 2 N–H and O–H groups in total. The third-order valence-corrected chi connectivity index (χ3v) is 4.08. The van der Waals surface area contributed by atoms with Crippen molar-refractivity contribution in [1.82, 2.24) is 5.32 Å². The average molecular weight is 303 g/mol. The molecule has 3 rings (SSSR count). The van der Waals surface area contributed by atoms with Gasteiger partial charge in [0.2, 0.25) is 0 Å². The molecule has 1 aliphatic carbocycles. The number of amides is 1. The molecule has 1 aromatic carbocycles. The zero-order chi connectivity index (χ0) is 15.6. The van der Waals surface area contributed by atoms with Crippen molar-refractivity contribution in [3.8, 4) is 11.3 Å². The van der Waals surface area contributed by atoms with Crippen molar-refractivity contribution < 1.29 is 18.7 Å². The Morgan fingerprint density at radius 1 is 1.23 bits per heavy atom. The Labute approximate surface area is 128 Å². The molecule has 1 aromatic heterocycles. The lowest BCUT2D eigenvalue weighted by Gasteiger charge is -2.21. The van der Waals surface area contributed by atoms with Gasteiger partial charge in [0.25, 0.3) is 5.91 Å². The number of aliphatic hydroxyl groups is 1. The van der Waals surface area contributed by atoms with Gasteiger partial charge in [-0.15, -0.1) is 0 Å². The monoisotopic (exact) mass is 303 g/mol. The maximum Gasteiger partial charge on any atom is 0.287 e. The molecule has 0 bridgehead atoms. The van der Waals surface area contributed by atoms with Crippen molar-refractivity contribution in [2.75, 3.05) is 6.54 Å². The third-order valence-electron chi connectivity index (χ3n) is 4.08. The highest BCUT2D eigenvalue weighted by Gasteiger charge is 2.31. The Hall–Kier alpha value is -2.14. The van der Waals surface area contributed by atoms with Crippen molar-refractivity contribution in [3.63, 3.8) is 0 Å². The standard InChI is InChI=1S/C17H18FNO3/c18-13-6-2-1-5-12(13)14-7-8-15(22-14)16(20)19-11-17(21)9-3-4-10-17/h1-2,5-8,21H,3-4,9-11H2,(H,19,20). The number of hydrogen-bond acceptors (Lipinski definition) is 3. The number of carbonyl (C=O) groups is 1. The van der Waals surface area contributed by atoms with Gasteiger partial charge in [0, 0.05) is 6.54 Å². The number of carbonyl (C=O) groups excluding carboxylic acids is 1. The van der Waals surface area contributed by atoms with Crippen molar-refractivity contribution in [2.45, 2.75) is 31.3 Å². The van der Waals surface area contributed by atoms with E-state index in [0.717, 1.165) is 12.8 Å². The molecular weight excluding hydrogens is 285 g/mol.